The molecule has 0 aliphatic rings. The first-order chi connectivity index (χ1) is 9.69. The molecule has 0 aliphatic carbocycles. The van der Waals surface area contributed by atoms with Gasteiger partial charge in [-0.15, -0.1) is 0 Å². The smallest absolute Gasteiger partial charge is 0.254 e. The fraction of sp³-hybridized carbons (Fsp3) is 0.125. The van der Waals surface area contributed by atoms with Crippen molar-refractivity contribution in [2.75, 3.05) is 7.05 Å². The maximum absolute atomic E-state index is 11.8. The Kier molecular flexibility index (Phi) is 2.99. The number of oxazole rings is 1. The monoisotopic (exact) mass is 266 g/mol. The van der Waals surface area contributed by atoms with E-state index in [1.807, 2.05) is 37.3 Å². The van der Waals surface area contributed by atoms with Gasteiger partial charge in [-0.2, -0.15) is 0 Å². The van der Waals surface area contributed by atoms with E-state index in [2.05, 4.69) is 10.3 Å². The number of carbonyl (C=O) groups excluding carboxylic acids is 1. The first kappa shape index (κ1) is 12.4. The summed E-state index contributed by atoms with van der Waals surface area (Å²) in [6, 6.07) is 13.3. The molecule has 1 amide bonds. The van der Waals surface area contributed by atoms with Crippen molar-refractivity contribution in [2.45, 2.75) is 6.92 Å². The molecule has 3 aromatic rings. The number of nitrogens with zero attached hydrogens (tertiary/aromatic N) is 1. The Hall–Kier alpha value is -2.62. The third-order valence-electron chi connectivity index (χ3n) is 3.19. The van der Waals surface area contributed by atoms with E-state index in [1.165, 1.54) is 5.56 Å². The van der Waals surface area contributed by atoms with Crippen LogP contribution in [0.1, 0.15) is 15.9 Å². The normalized spacial score (nSPS) is 10.7. The van der Waals surface area contributed by atoms with Gasteiger partial charge in [0.1, 0.15) is 5.52 Å². The lowest BCUT2D eigenvalue weighted by Crippen LogP contribution is -2.17. The van der Waals surface area contributed by atoms with Crippen LogP contribution >= 0.6 is 0 Å². The number of nitrogens with one attached hydrogen (secondary N) is 1. The summed E-state index contributed by atoms with van der Waals surface area (Å²) in [5, 5.41) is 2.60. The van der Waals surface area contributed by atoms with Gasteiger partial charge in [-0.3, -0.25) is 4.79 Å². The molecule has 0 bridgehead atoms. The second-order valence-corrected chi connectivity index (χ2v) is 4.62. The highest BCUT2D eigenvalue weighted by molar-refractivity contribution is 6.04. The molecule has 0 saturated heterocycles. The minimum Gasteiger partial charge on any atom is -0.435 e. The van der Waals surface area contributed by atoms with Crippen molar-refractivity contribution in [3.63, 3.8) is 0 Å². The first-order valence-corrected chi connectivity index (χ1v) is 6.37. The molecule has 4 nitrogen and oxygen atoms in total. The average Bonchev–Trinajstić information content (AvgIpc) is 2.91. The summed E-state index contributed by atoms with van der Waals surface area (Å²) < 4.78 is 5.78. The van der Waals surface area contributed by atoms with Crippen molar-refractivity contribution in [1.82, 2.24) is 10.3 Å². The number of aryl methyl sites for hydroxylation is 1. The number of hydrogen-bond acceptors (Lipinski definition) is 3. The third kappa shape index (κ3) is 2.05. The minimum absolute atomic E-state index is 0.179. The molecule has 4 heteroatoms. The van der Waals surface area contributed by atoms with Crippen molar-refractivity contribution in [1.29, 1.82) is 0 Å². The van der Waals surface area contributed by atoms with Crippen molar-refractivity contribution >= 4 is 17.0 Å². The van der Waals surface area contributed by atoms with Gasteiger partial charge in [0.05, 0.1) is 5.56 Å². The van der Waals surface area contributed by atoms with Crippen LogP contribution in [0.5, 0.6) is 0 Å². The lowest BCUT2D eigenvalue weighted by Gasteiger charge is -1.99. The van der Waals surface area contributed by atoms with Crippen LogP contribution in [0.25, 0.3) is 22.6 Å². The van der Waals surface area contributed by atoms with E-state index in [0.29, 0.717) is 22.6 Å². The van der Waals surface area contributed by atoms with Gasteiger partial charge in [-0.05, 0) is 31.2 Å². The summed E-state index contributed by atoms with van der Waals surface area (Å²) in [7, 11) is 1.60. The number of rotatable bonds is 2. The Balaban J connectivity index is 2.15. The lowest BCUT2D eigenvalue weighted by molar-refractivity contribution is 0.0964. The second-order valence-electron chi connectivity index (χ2n) is 4.62. The van der Waals surface area contributed by atoms with E-state index in [1.54, 1.807) is 19.2 Å². The maximum Gasteiger partial charge on any atom is 0.254 e. The lowest BCUT2D eigenvalue weighted by atomic mass is 10.1. The van der Waals surface area contributed by atoms with Gasteiger partial charge in [0.2, 0.25) is 5.89 Å². The summed E-state index contributed by atoms with van der Waals surface area (Å²) in [5.41, 5.74) is 3.77. The fourth-order valence-electron chi connectivity index (χ4n) is 2.08. The molecule has 0 aliphatic heterocycles. The zero-order chi connectivity index (χ0) is 14.1. The van der Waals surface area contributed by atoms with Gasteiger partial charge in [0, 0.05) is 12.6 Å². The summed E-state index contributed by atoms with van der Waals surface area (Å²) in [6.45, 7) is 2.03. The van der Waals surface area contributed by atoms with Crippen LogP contribution in [0.3, 0.4) is 0 Å². The number of para-hydroxylation sites is 1. The molecule has 20 heavy (non-hydrogen) atoms. The highest BCUT2D eigenvalue weighted by atomic mass is 16.3. The molecule has 1 N–H and O–H groups in total. The first-order valence-electron chi connectivity index (χ1n) is 6.37. The Labute approximate surface area is 116 Å². The van der Waals surface area contributed by atoms with Crippen LogP contribution in [0.15, 0.2) is 46.9 Å². The minimum atomic E-state index is -0.179. The molecular formula is C16H14N2O2. The van der Waals surface area contributed by atoms with Crippen molar-refractivity contribution < 1.29 is 9.21 Å². The van der Waals surface area contributed by atoms with Crippen molar-refractivity contribution in [3.8, 4) is 11.5 Å². The molecule has 0 saturated carbocycles. The zero-order valence-electron chi connectivity index (χ0n) is 11.3. The number of amides is 1. The van der Waals surface area contributed by atoms with E-state index < -0.39 is 0 Å². The SMILES string of the molecule is CNC(=O)c1cccc2nc(-c3ccc(C)cc3)oc12. The van der Waals surface area contributed by atoms with Crippen LogP contribution in [0.2, 0.25) is 0 Å². The highest BCUT2D eigenvalue weighted by Gasteiger charge is 2.15. The van der Waals surface area contributed by atoms with Gasteiger partial charge in [-0.25, -0.2) is 4.98 Å². The standard InChI is InChI=1S/C16H14N2O2/c1-10-6-8-11(9-7-10)16-18-13-5-3-4-12(14(13)20-16)15(19)17-2/h3-9H,1-2H3,(H,17,19). The number of aromatic nitrogens is 1. The Bertz CT molecular complexity index is 773. The van der Waals surface area contributed by atoms with Gasteiger partial charge < -0.3 is 9.73 Å². The van der Waals surface area contributed by atoms with Crippen LogP contribution < -0.4 is 5.32 Å². The van der Waals surface area contributed by atoms with Crippen molar-refractivity contribution in [2.24, 2.45) is 0 Å². The van der Waals surface area contributed by atoms with E-state index in [-0.39, 0.29) is 5.91 Å². The molecule has 100 valence electrons. The Morgan fingerprint density at radius 1 is 1.15 bits per heavy atom. The predicted octanol–water partition coefficient (Wildman–Crippen LogP) is 3.16. The topological polar surface area (TPSA) is 55.1 Å². The molecule has 0 atom stereocenters. The molecule has 1 heterocycles. The third-order valence-corrected chi connectivity index (χ3v) is 3.19. The quantitative estimate of drug-likeness (QED) is 0.775. The van der Waals surface area contributed by atoms with Crippen LogP contribution in [0.4, 0.5) is 0 Å². The average molecular weight is 266 g/mol. The van der Waals surface area contributed by atoms with Gasteiger partial charge in [-0.1, -0.05) is 23.8 Å². The van der Waals surface area contributed by atoms with Crippen LogP contribution in [0, 0.1) is 6.92 Å². The number of carbonyl (C=O) groups is 1. The molecule has 0 radical (unpaired) electrons. The molecule has 0 fully saturated rings. The molecule has 0 spiro atoms. The van der Waals surface area contributed by atoms with Gasteiger partial charge in [0.25, 0.3) is 5.91 Å². The fourth-order valence-corrected chi connectivity index (χ4v) is 2.08. The Morgan fingerprint density at radius 3 is 2.60 bits per heavy atom. The highest BCUT2D eigenvalue weighted by Crippen LogP contribution is 2.26. The zero-order valence-corrected chi connectivity index (χ0v) is 11.3. The largest absolute Gasteiger partial charge is 0.435 e. The van der Waals surface area contributed by atoms with Crippen LogP contribution in [-0.2, 0) is 0 Å². The van der Waals surface area contributed by atoms with Gasteiger partial charge in [0.15, 0.2) is 5.58 Å². The summed E-state index contributed by atoms with van der Waals surface area (Å²) in [5.74, 6) is 0.346. The summed E-state index contributed by atoms with van der Waals surface area (Å²) in [4.78, 5) is 16.3. The molecule has 2 aromatic carbocycles. The summed E-state index contributed by atoms with van der Waals surface area (Å²) >= 11 is 0. The molecule has 0 unspecified atom stereocenters. The van der Waals surface area contributed by atoms with E-state index in [0.717, 1.165) is 5.56 Å². The van der Waals surface area contributed by atoms with Gasteiger partial charge >= 0.3 is 0 Å². The van der Waals surface area contributed by atoms with Crippen molar-refractivity contribution in [3.05, 3.63) is 53.6 Å². The number of hydrogen-bond donors (Lipinski definition) is 1. The predicted molar refractivity (Wildman–Crippen MR) is 77.6 cm³/mol. The number of benzene rings is 2. The molecule has 1 aromatic heterocycles. The number of fused-ring (bicyclic) bond motifs is 1. The molecular weight excluding hydrogens is 252 g/mol. The Morgan fingerprint density at radius 2 is 1.90 bits per heavy atom. The summed E-state index contributed by atoms with van der Waals surface area (Å²) in [6.07, 6.45) is 0. The second kappa shape index (κ2) is 4.81. The van der Waals surface area contributed by atoms with E-state index >= 15 is 0 Å². The van der Waals surface area contributed by atoms with E-state index in [9.17, 15) is 4.79 Å². The van der Waals surface area contributed by atoms with Crippen LogP contribution in [-0.4, -0.2) is 17.9 Å². The van der Waals surface area contributed by atoms with E-state index in [4.69, 9.17) is 4.42 Å². The molecule has 3 rings (SSSR count). The maximum atomic E-state index is 11.8.